The number of aliphatic hydroxyl groups excluding tert-OH is 1. The van der Waals surface area contributed by atoms with Crippen molar-refractivity contribution in [3.8, 4) is 0 Å². The molecule has 5 rings (SSSR count). The van der Waals surface area contributed by atoms with Crippen molar-refractivity contribution in [3.63, 3.8) is 0 Å². The second-order valence-corrected chi connectivity index (χ2v) is 12.3. The number of epoxide rings is 1. The number of aliphatic hydroxyl groups is 1. The van der Waals surface area contributed by atoms with Gasteiger partial charge in [0.15, 0.2) is 6.10 Å². The third kappa shape index (κ3) is 4.13. The average Bonchev–Trinajstić information content (AvgIpc) is 3.57. The molecule has 1 saturated carbocycles. The summed E-state index contributed by atoms with van der Waals surface area (Å²) >= 11 is 0. The lowest BCUT2D eigenvalue weighted by molar-refractivity contribution is -0.183. The Morgan fingerprint density at radius 3 is 2.39 bits per heavy atom. The molecule has 0 aromatic rings. The first-order chi connectivity index (χ1) is 19.0. The minimum absolute atomic E-state index is 0.0367. The van der Waals surface area contributed by atoms with Crippen molar-refractivity contribution in [2.45, 2.75) is 83.3 Å². The zero-order valence-corrected chi connectivity index (χ0v) is 23.8. The van der Waals surface area contributed by atoms with E-state index in [1.54, 1.807) is 26.8 Å². The molecule has 1 N–H and O–H groups in total. The Labute approximate surface area is 236 Å². The van der Waals surface area contributed by atoms with Gasteiger partial charge in [-0.05, 0) is 31.9 Å². The van der Waals surface area contributed by atoms with Crippen molar-refractivity contribution in [3.05, 3.63) is 36.0 Å². The fourth-order valence-corrected chi connectivity index (χ4v) is 7.81. The van der Waals surface area contributed by atoms with Crippen LogP contribution in [0.1, 0.15) is 47.5 Å². The molecule has 1 unspecified atom stereocenters. The summed E-state index contributed by atoms with van der Waals surface area (Å²) in [5.74, 6) is -4.81. The zero-order chi connectivity index (χ0) is 30.3. The average molecular weight is 575 g/mol. The molecule has 12 nitrogen and oxygen atoms in total. The Hall–Kier alpha value is -3.51. The number of hydrogen-bond acceptors (Lipinski definition) is 12. The molecule has 12 heteroatoms. The lowest BCUT2D eigenvalue weighted by atomic mass is 9.48. The van der Waals surface area contributed by atoms with E-state index >= 15 is 0 Å². The smallest absolute Gasteiger partial charge is 0.340 e. The van der Waals surface area contributed by atoms with Crippen LogP contribution in [0.25, 0.3) is 0 Å². The maximum absolute atomic E-state index is 13.1. The van der Waals surface area contributed by atoms with E-state index in [1.165, 1.54) is 26.2 Å². The van der Waals surface area contributed by atoms with Crippen LogP contribution in [0.5, 0.6) is 0 Å². The van der Waals surface area contributed by atoms with Gasteiger partial charge in [-0.1, -0.05) is 26.5 Å². The molecule has 0 radical (unpaired) electrons. The Balaban J connectivity index is 1.68. The minimum Gasteiger partial charge on any atom is -0.469 e. The summed E-state index contributed by atoms with van der Waals surface area (Å²) < 4.78 is 33.3. The molecule has 41 heavy (non-hydrogen) atoms. The van der Waals surface area contributed by atoms with Crippen molar-refractivity contribution < 1.29 is 57.5 Å². The molecule has 1 aliphatic carbocycles. The fourth-order valence-electron chi connectivity index (χ4n) is 7.81. The first kappa shape index (κ1) is 29.0. The number of carbonyl (C=O) groups is 5. The van der Waals surface area contributed by atoms with Gasteiger partial charge in [0.25, 0.3) is 0 Å². The normalized spacial score (nSPS) is 42.5. The van der Waals surface area contributed by atoms with Crippen molar-refractivity contribution >= 4 is 29.8 Å². The topological polar surface area (TPSA) is 164 Å². The first-order valence-electron chi connectivity index (χ1n) is 13.4. The predicted octanol–water partition coefficient (Wildman–Crippen LogP) is 1.44. The van der Waals surface area contributed by atoms with Crippen LogP contribution in [0, 0.1) is 22.7 Å². The molecule has 0 amide bonds. The van der Waals surface area contributed by atoms with Crippen molar-refractivity contribution in [2.24, 2.45) is 22.7 Å². The van der Waals surface area contributed by atoms with Crippen molar-refractivity contribution in [1.82, 2.24) is 0 Å². The van der Waals surface area contributed by atoms with E-state index in [4.69, 9.17) is 28.4 Å². The molecular weight excluding hydrogens is 540 g/mol. The number of methoxy groups -OCH3 is 1. The van der Waals surface area contributed by atoms with Gasteiger partial charge >= 0.3 is 29.8 Å². The summed E-state index contributed by atoms with van der Waals surface area (Å²) in [5.41, 5.74) is -4.51. The third-order valence-electron chi connectivity index (χ3n) is 9.53. The maximum atomic E-state index is 13.1. The third-order valence-corrected chi connectivity index (χ3v) is 9.53. The van der Waals surface area contributed by atoms with Gasteiger partial charge in [0.1, 0.15) is 23.4 Å². The van der Waals surface area contributed by atoms with Crippen LogP contribution in [0.2, 0.25) is 0 Å². The van der Waals surface area contributed by atoms with E-state index in [0.717, 1.165) is 0 Å². The molecule has 1 spiro atoms. The standard InChI is InChI=1S/C29H34O12/c1-13-21(27(5)9-8-18(31)40-26(3,4)17(27)11-19(32)36-7)16(37-14(2)30)12-28(6)22(15-10-20(33)38-24(15)34)39-25(35)23-29(13,28)41-23/h8-10,16-17,20-23,33H,1,11-12H2,2-7H3/t16-,17-,20?,21+,22-,23+,27-,28-,29+/m0/s1. The Morgan fingerprint density at radius 2 is 1.80 bits per heavy atom. The van der Waals surface area contributed by atoms with Gasteiger partial charge in [-0.25, -0.2) is 14.4 Å². The van der Waals surface area contributed by atoms with Gasteiger partial charge < -0.3 is 33.5 Å². The molecule has 9 atom stereocenters. The van der Waals surface area contributed by atoms with E-state index in [1.807, 2.05) is 6.92 Å². The van der Waals surface area contributed by atoms with E-state index in [2.05, 4.69) is 6.58 Å². The lowest BCUT2D eigenvalue weighted by Gasteiger charge is -2.57. The predicted molar refractivity (Wildman–Crippen MR) is 136 cm³/mol. The molecule has 5 aliphatic rings. The van der Waals surface area contributed by atoms with Gasteiger partial charge in [-0.3, -0.25) is 9.59 Å². The number of allylic oxidation sites excluding steroid dienone is 1. The van der Waals surface area contributed by atoms with Crippen molar-refractivity contribution in [1.29, 1.82) is 0 Å². The molecular formula is C29H34O12. The van der Waals surface area contributed by atoms with Gasteiger partial charge in [-0.15, -0.1) is 0 Å². The van der Waals surface area contributed by atoms with E-state index in [9.17, 15) is 29.1 Å². The number of hydrogen-bond donors (Lipinski definition) is 1. The molecule has 0 aromatic carbocycles. The number of rotatable bonds is 5. The number of carbonyl (C=O) groups excluding carboxylic acids is 5. The van der Waals surface area contributed by atoms with Gasteiger partial charge in [-0.2, -0.15) is 0 Å². The molecule has 0 bridgehead atoms. The highest BCUT2D eigenvalue weighted by atomic mass is 16.7. The van der Waals surface area contributed by atoms with Gasteiger partial charge in [0.2, 0.25) is 6.29 Å². The van der Waals surface area contributed by atoms with Gasteiger partial charge in [0, 0.05) is 35.7 Å². The van der Waals surface area contributed by atoms with Crippen molar-refractivity contribution in [2.75, 3.05) is 7.11 Å². The second-order valence-electron chi connectivity index (χ2n) is 12.3. The van der Waals surface area contributed by atoms with Crippen LogP contribution in [-0.4, -0.2) is 77.9 Å². The van der Waals surface area contributed by atoms with Crippen LogP contribution in [0.15, 0.2) is 36.0 Å². The summed E-state index contributed by atoms with van der Waals surface area (Å²) in [6.07, 6.45) is -0.738. The Kier molecular flexibility index (Phi) is 6.54. The van der Waals surface area contributed by atoms with Gasteiger partial charge in [0.05, 0.1) is 19.1 Å². The van der Waals surface area contributed by atoms with E-state index in [0.29, 0.717) is 5.57 Å². The highest BCUT2D eigenvalue weighted by Crippen LogP contribution is 2.70. The number of ether oxygens (including phenoxy) is 6. The molecule has 2 saturated heterocycles. The number of cyclic esters (lactones) is 3. The van der Waals surface area contributed by atoms with Crippen LogP contribution >= 0.6 is 0 Å². The maximum Gasteiger partial charge on any atom is 0.340 e. The number of esters is 5. The first-order valence-corrected chi connectivity index (χ1v) is 13.4. The quantitative estimate of drug-likeness (QED) is 0.218. The molecule has 3 fully saturated rings. The lowest BCUT2D eigenvalue weighted by Crippen LogP contribution is -2.65. The van der Waals surface area contributed by atoms with Crippen LogP contribution in [0.4, 0.5) is 0 Å². The Bertz CT molecular complexity index is 1310. The largest absolute Gasteiger partial charge is 0.469 e. The SMILES string of the molecule is C=C1[C@@H]([C@@]2(C)C=CC(=O)OC(C)(C)[C@@H]2CC(=O)OC)[C@@H](OC(C)=O)C[C@@]2(C)[C@H](C3=CC(O)OC3=O)OC(=O)[C@H]3O[C@]132. The summed E-state index contributed by atoms with van der Waals surface area (Å²) in [6, 6.07) is 0. The molecule has 4 heterocycles. The van der Waals surface area contributed by atoms with Crippen LogP contribution < -0.4 is 0 Å². The summed E-state index contributed by atoms with van der Waals surface area (Å²) in [4.78, 5) is 63.6. The fraction of sp³-hybridized carbons (Fsp3) is 0.621. The highest BCUT2D eigenvalue weighted by molar-refractivity contribution is 5.94. The van der Waals surface area contributed by atoms with Crippen LogP contribution in [-0.2, 0) is 52.4 Å². The molecule has 4 aliphatic heterocycles. The zero-order valence-electron chi connectivity index (χ0n) is 23.8. The van der Waals surface area contributed by atoms with E-state index in [-0.39, 0.29) is 18.4 Å². The summed E-state index contributed by atoms with van der Waals surface area (Å²) in [7, 11) is 1.26. The van der Waals surface area contributed by atoms with Crippen LogP contribution in [0.3, 0.4) is 0 Å². The summed E-state index contributed by atoms with van der Waals surface area (Å²) in [6.45, 7) is 12.6. The van der Waals surface area contributed by atoms with E-state index < -0.39 is 88.3 Å². The molecule has 0 aromatic heterocycles. The Morgan fingerprint density at radius 1 is 1.12 bits per heavy atom. The monoisotopic (exact) mass is 574 g/mol. The molecule has 222 valence electrons. The highest BCUT2D eigenvalue weighted by Gasteiger charge is 2.82. The second kappa shape index (κ2) is 9.25. The summed E-state index contributed by atoms with van der Waals surface area (Å²) in [5, 5.41) is 9.95. The minimum atomic E-state index is -1.51.